The lowest BCUT2D eigenvalue weighted by Gasteiger charge is -2.19. The molecule has 3 aromatic carbocycles. The predicted octanol–water partition coefficient (Wildman–Crippen LogP) is 4.78. The highest BCUT2D eigenvalue weighted by atomic mass is 16.5. The molecule has 0 aliphatic rings. The SMILES string of the molecule is C=CCOc1ccccc1OC(C)CNCC(O)COc1ccc(NC(=O)c2cc3ccccc3[nH]2)cc1. The molecule has 1 heterocycles. The Balaban J connectivity index is 1.16. The van der Waals surface area contributed by atoms with Crippen LogP contribution >= 0.6 is 0 Å². The number of nitrogens with one attached hydrogen (secondary N) is 3. The van der Waals surface area contributed by atoms with E-state index in [1.807, 2.05) is 61.5 Å². The lowest BCUT2D eigenvalue weighted by molar-refractivity contribution is 0.102. The minimum Gasteiger partial charge on any atom is -0.491 e. The fourth-order valence-corrected chi connectivity index (χ4v) is 3.81. The van der Waals surface area contributed by atoms with Crippen LogP contribution in [0.3, 0.4) is 0 Å². The Kier molecular flexibility index (Phi) is 9.39. The first-order valence-corrected chi connectivity index (χ1v) is 12.5. The number of aliphatic hydroxyl groups is 1. The van der Waals surface area contributed by atoms with Gasteiger partial charge < -0.3 is 34.9 Å². The van der Waals surface area contributed by atoms with Crippen LogP contribution in [0.2, 0.25) is 0 Å². The number of hydrogen-bond acceptors (Lipinski definition) is 6. The number of hydrogen-bond donors (Lipinski definition) is 4. The second-order valence-corrected chi connectivity index (χ2v) is 8.85. The van der Waals surface area contributed by atoms with E-state index in [9.17, 15) is 9.90 Å². The molecule has 4 aromatic rings. The zero-order valence-electron chi connectivity index (χ0n) is 21.4. The molecule has 1 aromatic heterocycles. The molecule has 2 atom stereocenters. The van der Waals surface area contributed by atoms with Gasteiger partial charge in [0, 0.05) is 29.7 Å². The molecule has 8 heteroatoms. The van der Waals surface area contributed by atoms with Crippen molar-refractivity contribution < 1.29 is 24.1 Å². The van der Waals surface area contributed by atoms with Crippen LogP contribution in [0.1, 0.15) is 17.4 Å². The Labute approximate surface area is 222 Å². The van der Waals surface area contributed by atoms with Gasteiger partial charge in [0.1, 0.15) is 36.9 Å². The summed E-state index contributed by atoms with van der Waals surface area (Å²) in [6.07, 6.45) is 0.847. The molecule has 0 bridgehead atoms. The molecule has 4 N–H and O–H groups in total. The van der Waals surface area contributed by atoms with E-state index in [0.717, 1.165) is 10.9 Å². The number of aliphatic hydroxyl groups excluding tert-OH is 1. The zero-order chi connectivity index (χ0) is 26.7. The molecule has 8 nitrogen and oxygen atoms in total. The average molecular weight is 516 g/mol. The van der Waals surface area contributed by atoms with Crippen LogP contribution in [-0.4, -0.2) is 54.5 Å². The van der Waals surface area contributed by atoms with Crippen LogP contribution < -0.4 is 24.8 Å². The van der Waals surface area contributed by atoms with Gasteiger partial charge in [0.25, 0.3) is 5.91 Å². The molecule has 0 radical (unpaired) electrons. The van der Waals surface area contributed by atoms with Crippen molar-refractivity contribution in [1.82, 2.24) is 10.3 Å². The fraction of sp³-hybridized carbons (Fsp3) is 0.233. The molecule has 1 amide bonds. The summed E-state index contributed by atoms with van der Waals surface area (Å²) >= 11 is 0. The Morgan fingerprint density at radius 3 is 2.50 bits per heavy atom. The first-order valence-electron chi connectivity index (χ1n) is 12.5. The lowest BCUT2D eigenvalue weighted by Crippen LogP contribution is -2.36. The number of para-hydroxylation sites is 3. The molecule has 198 valence electrons. The summed E-state index contributed by atoms with van der Waals surface area (Å²) in [4.78, 5) is 15.7. The van der Waals surface area contributed by atoms with Crippen LogP contribution in [0.4, 0.5) is 5.69 Å². The van der Waals surface area contributed by atoms with Crippen LogP contribution in [0.5, 0.6) is 17.2 Å². The summed E-state index contributed by atoms with van der Waals surface area (Å²) < 4.78 is 17.3. The number of amides is 1. The number of H-pyrrole nitrogens is 1. The van der Waals surface area contributed by atoms with E-state index in [4.69, 9.17) is 14.2 Å². The van der Waals surface area contributed by atoms with Crippen LogP contribution in [0.15, 0.2) is 91.5 Å². The van der Waals surface area contributed by atoms with Crippen molar-refractivity contribution in [2.24, 2.45) is 0 Å². The number of carbonyl (C=O) groups is 1. The lowest BCUT2D eigenvalue weighted by atomic mass is 10.2. The van der Waals surface area contributed by atoms with Gasteiger partial charge in [-0.2, -0.15) is 0 Å². The number of anilines is 1. The third-order valence-corrected chi connectivity index (χ3v) is 5.67. The summed E-state index contributed by atoms with van der Waals surface area (Å²) in [6, 6.07) is 24.1. The number of ether oxygens (including phenoxy) is 3. The van der Waals surface area contributed by atoms with Crippen LogP contribution in [0, 0.1) is 0 Å². The zero-order valence-corrected chi connectivity index (χ0v) is 21.4. The van der Waals surface area contributed by atoms with Crippen LogP contribution in [0.25, 0.3) is 10.9 Å². The van der Waals surface area contributed by atoms with Crippen LogP contribution in [-0.2, 0) is 0 Å². The maximum absolute atomic E-state index is 12.6. The van der Waals surface area contributed by atoms with E-state index >= 15 is 0 Å². The van der Waals surface area contributed by atoms with E-state index in [1.54, 1.807) is 30.3 Å². The molecule has 38 heavy (non-hydrogen) atoms. The Morgan fingerprint density at radius 2 is 1.74 bits per heavy atom. The minimum absolute atomic E-state index is 0.126. The highest BCUT2D eigenvalue weighted by Crippen LogP contribution is 2.27. The van der Waals surface area contributed by atoms with E-state index < -0.39 is 6.10 Å². The second-order valence-electron chi connectivity index (χ2n) is 8.85. The standard InChI is InChI=1S/C30H33N3O5/c1-3-16-36-28-10-6-7-11-29(28)38-21(2)18-31-19-24(34)20-37-25-14-12-23(13-15-25)32-30(35)27-17-22-8-4-5-9-26(22)33-27/h3-15,17,21,24,31,33-34H,1,16,18-20H2,2H3,(H,32,35). The van der Waals surface area contributed by atoms with Gasteiger partial charge in [0.15, 0.2) is 11.5 Å². The largest absolute Gasteiger partial charge is 0.491 e. The molecule has 2 unspecified atom stereocenters. The first kappa shape index (κ1) is 26.8. The smallest absolute Gasteiger partial charge is 0.272 e. The first-order chi connectivity index (χ1) is 18.5. The van der Waals surface area contributed by atoms with E-state index in [-0.39, 0.29) is 18.6 Å². The molecular formula is C30H33N3O5. The molecule has 0 saturated heterocycles. The van der Waals surface area contributed by atoms with Gasteiger partial charge in [0.05, 0.1) is 0 Å². The van der Waals surface area contributed by atoms with Gasteiger partial charge in [-0.05, 0) is 55.5 Å². The molecule has 0 saturated carbocycles. The molecule has 0 spiro atoms. The second kappa shape index (κ2) is 13.3. The average Bonchev–Trinajstić information content (AvgIpc) is 3.37. The maximum atomic E-state index is 12.6. The van der Waals surface area contributed by atoms with Gasteiger partial charge in [-0.25, -0.2) is 0 Å². The van der Waals surface area contributed by atoms with Crippen molar-refractivity contribution in [2.75, 3.05) is 31.6 Å². The number of fused-ring (bicyclic) bond motifs is 1. The van der Waals surface area contributed by atoms with E-state index in [2.05, 4.69) is 22.2 Å². The Morgan fingerprint density at radius 1 is 1.00 bits per heavy atom. The third-order valence-electron chi connectivity index (χ3n) is 5.67. The van der Waals surface area contributed by atoms with Crippen molar-refractivity contribution in [1.29, 1.82) is 0 Å². The van der Waals surface area contributed by atoms with Crippen molar-refractivity contribution in [3.05, 3.63) is 97.2 Å². The highest BCUT2D eigenvalue weighted by Gasteiger charge is 2.12. The normalized spacial score (nSPS) is 12.5. The number of benzene rings is 3. The third kappa shape index (κ3) is 7.61. The van der Waals surface area contributed by atoms with Gasteiger partial charge in [-0.1, -0.05) is 43.0 Å². The molecule has 0 aliphatic carbocycles. The number of aromatic amines is 1. The Bertz CT molecular complexity index is 1300. The van der Waals surface area contributed by atoms with Crippen molar-refractivity contribution >= 4 is 22.5 Å². The summed E-state index contributed by atoms with van der Waals surface area (Å²) in [5.41, 5.74) is 2.05. The van der Waals surface area contributed by atoms with Gasteiger partial charge in [-0.15, -0.1) is 0 Å². The molecule has 0 aliphatic heterocycles. The van der Waals surface area contributed by atoms with E-state index in [0.29, 0.717) is 48.3 Å². The molecule has 0 fully saturated rings. The van der Waals surface area contributed by atoms with Gasteiger partial charge >= 0.3 is 0 Å². The van der Waals surface area contributed by atoms with Gasteiger partial charge in [-0.3, -0.25) is 4.79 Å². The predicted molar refractivity (Wildman–Crippen MR) is 149 cm³/mol. The number of aromatic nitrogens is 1. The Hall–Kier alpha value is -4.27. The summed E-state index contributed by atoms with van der Waals surface area (Å²) in [7, 11) is 0. The number of rotatable bonds is 14. The quantitative estimate of drug-likeness (QED) is 0.180. The summed E-state index contributed by atoms with van der Waals surface area (Å²) in [6.45, 7) is 7.02. The highest BCUT2D eigenvalue weighted by molar-refractivity contribution is 6.05. The monoisotopic (exact) mass is 515 g/mol. The minimum atomic E-state index is -0.702. The van der Waals surface area contributed by atoms with Gasteiger partial charge in [0.2, 0.25) is 0 Å². The van der Waals surface area contributed by atoms with Crippen molar-refractivity contribution in [3.8, 4) is 17.2 Å². The van der Waals surface area contributed by atoms with Crippen molar-refractivity contribution in [2.45, 2.75) is 19.1 Å². The van der Waals surface area contributed by atoms with Crippen molar-refractivity contribution in [3.63, 3.8) is 0 Å². The number of carbonyl (C=O) groups excluding carboxylic acids is 1. The molecular weight excluding hydrogens is 482 g/mol. The maximum Gasteiger partial charge on any atom is 0.272 e. The fourth-order valence-electron chi connectivity index (χ4n) is 3.81. The van der Waals surface area contributed by atoms with E-state index in [1.165, 1.54) is 0 Å². The molecule has 4 rings (SSSR count). The summed E-state index contributed by atoms with van der Waals surface area (Å²) in [5.74, 6) is 1.70. The summed E-state index contributed by atoms with van der Waals surface area (Å²) in [5, 5.41) is 17.3. The topological polar surface area (TPSA) is 105 Å².